The van der Waals surface area contributed by atoms with Crippen LogP contribution in [0.15, 0.2) is 0 Å². The van der Waals surface area contributed by atoms with Crippen LogP contribution >= 0.6 is 0 Å². The molecule has 0 bridgehead atoms. The second kappa shape index (κ2) is 18.4. The molecule has 0 amide bonds. The third-order valence-corrected chi connectivity index (χ3v) is 0. The maximum absolute atomic E-state index is 0. The molecule has 0 saturated carbocycles. The Balaban J connectivity index is 0. The fourth-order valence-electron chi connectivity index (χ4n) is 0. The van der Waals surface area contributed by atoms with Gasteiger partial charge in [0.25, 0.3) is 0 Å². The van der Waals surface area contributed by atoms with Crippen LogP contribution in [-0.2, 0) is 0 Å². The average Bonchev–Trinajstić information content (AvgIpc) is 0. The monoisotopic (exact) mass is 100.0 g/mol. The summed E-state index contributed by atoms with van der Waals surface area (Å²) in [5.41, 5.74) is 0. The van der Waals surface area contributed by atoms with Crippen LogP contribution in [0.3, 0.4) is 0 Å². The Kier molecular flexibility index (Phi) is 153. The first kappa shape index (κ1) is 33.2. The van der Waals surface area contributed by atoms with Crippen molar-refractivity contribution in [1.29, 1.82) is 0 Å². The summed E-state index contributed by atoms with van der Waals surface area (Å²) in [6.45, 7) is 0. The zero-order chi connectivity index (χ0) is 0. The predicted octanol–water partition coefficient (Wildman–Crippen LogP) is -4.91. The Morgan fingerprint density at radius 3 is 1.00 bits per heavy atom. The van der Waals surface area contributed by atoms with Crippen LogP contribution in [-0.4, -0.2) is 34.0 Å². The largest absolute Gasteiger partial charge is 1.00 e. The summed E-state index contributed by atoms with van der Waals surface area (Å²) in [4.78, 5) is 0. The first-order valence-electron chi connectivity index (χ1n) is 0. The van der Waals surface area contributed by atoms with Crippen LogP contribution in [0.1, 0.15) is 0 Å². The van der Waals surface area contributed by atoms with Gasteiger partial charge in [-0.1, -0.05) is 0 Å². The van der Waals surface area contributed by atoms with Crippen molar-refractivity contribution in [2.24, 2.45) is 0 Å². The van der Waals surface area contributed by atoms with E-state index in [0.29, 0.717) is 0 Å². The topological polar surface area (TPSA) is 61.5 Å². The van der Waals surface area contributed by atoms with Gasteiger partial charge in [0.1, 0.15) is 0 Å². The minimum atomic E-state index is 0. The number of hydrogen-bond acceptors (Lipinski definition) is 1. The summed E-state index contributed by atoms with van der Waals surface area (Å²) >= 11 is 0. The molecule has 0 aliphatic rings. The molecule has 0 fully saturated rings. The van der Waals surface area contributed by atoms with Gasteiger partial charge in [0.05, 0.1) is 0 Å². The summed E-state index contributed by atoms with van der Waals surface area (Å²) in [5, 5.41) is 0. The van der Waals surface area contributed by atoms with Gasteiger partial charge in [-0.25, -0.2) is 0 Å². The smallest absolute Gasteiger partial charge is 0.870 e. The Labute approximate surface area is 83.5 Å². The van der Waals surface area contributed by atoms with Crippen LogP contribution in [0, 0.1) is 0 Å². The summed E-state index contributed by atoms with van der Waals surface area (Å²) in [7, 11) is 0. The van der Waals surface area contributed by atoms with E-state index in [-0.39, 0.29) is 85.4 Å². The summed E-state index contributed by atoms with van der Waals surface area (Å²) in [5.74, 6) is 0. The zero-order valence-electron chi connectivity index (χ0n) is 1.95. The Morgan fingerprint density at radius 2 is 1.00 bits per heavy atom. The van der Waals surface area contributed by atoms with Gasteiger partial charge in [-0.15, -0.1) is 0 Å². The molecule has 0 aliphatic carbocycles. The zero-order valence-corrected chi connectivity index (χ0v) is 5.07. The van der Waals surface area contributed by atoms with Gasteiger partial charge in [0.2, 0.25) is 0 Å². The fourth-order valence-corrected chi connectivity index (χ4v) is 0. The molecule has 2 nitrogen and oxygen atoms in total. The van der Waals surface area contributed by atoms with E-state index in [1.807, 2.05) is 0 Å². The Bertz CT molecular complexity index is 6.00. The fraction of sp³-hybridized carbons (Fsp3) is 0. The van der Waals surface area contributed by atoms with Gasteiger partial charge in [0, 0.05) is 0 Å². The van der Waals surface area contributed by atoms with Gasteiger partial charge < -0.3 is 11.0 Å². The van der Waals surface area contributed by atoms with E-state index in [0.717, 1.165) is 0 Å². The van der Waals surface area contributed by atoms with Crippen molar-refractivity contribution in [3.8, 4) is 0 Å². The van der Waals surface area contributed by atoms with Crippen LogP contribution in [0.5, 0.6) is 0 Å². The standard InChI is InChI=1S/K.Mg.2H2O.2H/h;;2*1H2;;/q+1;;;;;/p-1. The van der Waals surface area contributed by atoms with E-state index in [1.165, 1.54) is 0 Å². The van der Waals surface area contributed by atoms with Crippen molar-refractivity contribution >= 4 is 23.1 Å². The van der Waals surface area contributed by atoms with E-state index >= 15 is 0 Å². The molecule has 0 unspecified atom stereocenters. The van der Waals surface area contributed by atoms with Crippen LogP contribution < -0.4 is 51.4 Å². The third-order valence-electron chi connectivity index (χ3n) is 0. The summed E-state index contributed by atoms with van der Waals surface area (Å²) in [6.07, 6.45) is 0. The molecule has 0 rings (SSSR count). The predicted molar refractivity (Wildman–Crippen MR) is 14.1 cm³/mol. The number of rotatable bonds is 0. The molecule has 0 radical (unpaired) electrons. The van der Waals surface area contributed by atoms with Crippen molar-refractivity contribution in [3.05, 3.63) is 0 Å². The van der Waals surface area contributed by atoms with Crippen molar-refractivity contribution < 1.29 is 62.3 Å². The van der Waals surface area contributed by atoms with E-state index < -0.39 is 0 Å². The quantitative estimate of drug-likeness (QED) is 0.282. The molecule has 4 heteroatoms. The molecule has 0 heterocycles. The summed E-state index contributed by atoms with van der Waals surface area (Å²) in [6, 6.07) is 0. The summed E-state index contributed by atoms with van der Waals surface area (Å²) < 4.78 is 0. The van der Waals surface area contributed by atoms with Gasteiger partial charge in [-0.3, -0.25) is 0 Å². The van der Waals surface area contributed by atoms with Gasteiger partial charge >= 0.3 is 74.4 Å². The molecule has 0 atom stereocenters. The molecule has 0 saturated heterocycles. The van der Waals surface area contributed by atoms with Crippen LogP contribution in [0.4, 0.5) is 0 Å². The molecular weight excluding hydrogens is 95.4 g/mol. The van der Waals surface area contributed by atoms with Gasteiger partial charge in [0.15, 0.2) is 0 Å². The van der Waals surface area contributed by atoms with E-state index in [4.69, 9.17) is 0 Å². The van der Waals surface area contributed by atoms with Gasteiger partial charge in [-0.05, 0) is 0 Å². The molecule has 4 heavy (non-hydrogen) atoms. The van der Waals surface area contributed by atoms with E-state index in [9.17, 15) is 0 Å². The molecule has 20 valence electrons. The van der Waals surface area contributed by atoms with Crippen molar-refractivity contribution in [1.82, 2.24) is 0 Å². The second-order valence-corrected chi connectivity index (χ2v) is 0. The second-order valence-electron chi connectivity index (χ2n) is 0. The maximum atomic E-state index is 0. The molecule has 0 aromatic carbocycles. The number of hydrogen-bond donors (Lipinski definition) is 0. The van der Waals surface area contributed by atoms with Crippen molar-refractivity contribution in [2.45, 2.75) is 0 Å². The first-order chi connectivity index (χ1) is 0. The molecule has 0 aliphatic heterocycles. The molecule has 0 aromatic heterocycles. The SMILES string of the molecule is O.[K+].[MgH2].[OH-]. The molecular formula is H5KMgO2. The minimum Gasteiger partial charge on any atom is -0.870 e. The normalized spacial score (nSPS) is 0. The minimum absolute atomic E-state index is 0. The van der Waals surface area contributed by atoms with Crippen LogP contribution in [0.2, 0.25) is 0 Å². The third kappa shape index (κ3) is 8.85. The van der Waals surface area contributed by atoms with Crippen molar-refractivity contribution in [3.63, 3.8) is 0 Å². The van der Waals surface area contributed by atoms with E-state index in [2.05, 4.69) is 0 Å². The Morgan fingerprint density at radius 1 is 1.00 bits per heavy atom. The van der Waals surface area contributed by atoms with Gasteiger partial charge in [-0.2, -0.15) is 0 Å². The molecule has 0 aromatic rings. The molecule has 3 N–H and O–H groups in total. The van der Waals surface area contributed by atoms with Crippen molar-refractivity contribution in [2.75, 3.05) is 0 Å². The maximum Gasteiger partial charge on any atom is 1.00 e. The average molecular weight is 100 g/mol. The molecule has 0 spiro atoms. The van der Waals surface area contributed by atoms with Crippen LogP contribution in [0.25, 0.3) is 0 Å². The van der Waals surface area contributed by atoms with E-state index in [1.54, 1.807) is 0 Å². The first-order valence-corrected chi connectivity index (χ1v) is 0. The Hall–Kier alpha value is 2.32.